The van der Waals surface area contributed by atoms with E-state index in [2.05, 4.69) is 31.2 Å². The molecule has 1 saturated carbocycles. The van der Waals surface area contributed by atoms with Gasteiger partial charge in [-0.3, -0.25) is 4.79 Å². The molecule has 1 aliphatic rings. The third kappa shape index (κ3) is 2.53. The Balaban J connectivity index is 1.89. The van der Waals surface area contributed by atoms with Gasteiger partial charge < -0.3 is 0 Å². The Labute approximate surface area is 127 Å². The molecule has 0 aromatic heterocycles. The fourth-order valence-corrected chi connectivity index (χ4v) is 3.32. The number of carbonyl (C=O) groups is 1. The number of ketones is 1. The molecule has 1 nitrogen and oxygen atoms in total. The first-order valence-electron chi connectivity index (χ1n) is 7.95. The molecule has 2 aromatic carbocycles. The molecule has 0 saturated heterocycles. The Morgan fingerprint density at radius 1 is 1.00 bits per heavy atom. The zero-order valence-corrected chi connectivity index (χ0v) is 12.6. The molecule has 2 aromatic rings. The molecule has 0 spiro atoms. The summed E-state index contributed by atoms with van der Waals surface area (Å²) in [6.45, 7) is 2.18. The average molecular weight is 278 g/mol. The van der Waals surface area contributed by atoms with Gasteiger partial charge in [0.2, 0.25) is 0 Å². The van der Waals surface area contributed by atoms with E-state index in [4.69, 9.17) is 0 Å². The number of hydrogen-bond donors (Lipinski definition) is 0. The third-order valence-electron chi connectivity index (χ3n) is 4.72. The van der Waals surface area contributed by atoms with Crippen LogP contribution < -0.4 is 0 Å². The smallest absolute Gasteiger partial charge is 0.173 e. The lowest BCUT2D eigenvalue weighted by molar-refractivity contribution is 0.0789. The van der Waals surface area contributed by atoms with Crippen LogP contribution in [-0.2, 0) is 11.8 Å². The summed E-state index contributed by atoms with van der Waals surface area (Å²) in [7, 11) is 0. The SMILES string of the molecule is CCCc1ccc(C(=O)C2(c3ccccc3)CCC2)cc1. The first kappa shape index (κ1) is 14.1. The highest BCUT2D eigenvalue weighted by atomic mass is 16.1. The van der Waals surface area contributed by atoms with E-state index >= 15 is 0 Å². The minimum Gasteiger partial charge on any atom is -0.293 e. The van der Waals surface area contributed by atoms with Gasteiger partial charge in [-0.1, -0.05) is 74.4 Å². The Morgan fingerprint density at radius 3 is 2.19 bits per heavy atom. The second-order valence-electron chi connectivity index (χ2n) is 6.08. The minimum atomic E-state index is -0.270. The molecule has 3 rings (SSSR count). The predicted octanol–water partition coefficient (Wildman–Crippen LogP) is 4.94. The monoisotopic (exact) mass is 278 g/mol. The van der Waals surface area contributed by atoms with Gasteiger partial charge in [-0.15, -0.1) is 0 Å². The van der Waals surface area contributed by atoms with Crippen molar-refractivity contribution in [1.82, 2.24) is 0 Å². The number of hydrogen-bond acceptors (Lipinski definition) is 1. The van der Waals surface area contributed by atoms with Crippen LogP contribution in [0.1, 0.15) is 54.1 Å². The maximum atomic E-state index is 13.0. The zero-order chi connectivity index (χ0) is 14.7. The van der Waals surface area contributed by atoms with Gasteiger partial charge in [0.25, 0.3) is 0 Å². The molecular weight excluding hydrogens is 256 g/mol. The second-order valence-corrected chi connectivity index (χ2v) is 6.08. The van der Waals surface area contributed by atoms with E-state index in [9.17, 15) is 4.79 Å². The summed E-state index contributed by atoms with van der Waals surface area (Å²) in [4.78, 5) is 13.0. The lowest BCUT2D eigenvalue weighted by Crippen LogP contribution is -2.42. The van der Waals surface area contributed by atoms with Crippen molar-refractivity contribution in [3.8, 4) is 0 Å². The first-order valence-corrected chi connectivity index (χ1v) is 7.95. The number of rotatable bonds is 5. The second kappa shape index (κ2) is 5.85. The average Bonchev–Trinajstić information content (AvgIpc) is 2.48. The van der Waals surface area contributed by atoms with Crippen molar-refractivity contribution in [3.63, 3.8) is 0 Å². The van der Waals surface area contributed by atoms with Crippen LogP contribution in [0.4, 0.5) is 0 Å². The van der Waals surface area contributed by atoms with Gasteiger partial charge in [0.1, 0.15) is 0 Å². The van der Waals surface area contributed by atoms with E-state index in [0.29, 0.717) is 5.78 Å². The normalized spacial score (nSPS) is 16.2. The molecule has 0 amide bonds. The van der Waals surface area contributed by atoms with Gasteiger partial charge in [-0.05, 0) is 30.4 Å². The third-order valence-corrected chi connectivity index (χ3v) is 4.72. The molecule has 0 radical (unpaired) electrons. The summed E-state index contributed by atoms with van der Waals surface area (Å²) in [5, 5.41) is 0. The van der Waals surface area contributed by atoms with Gasteiger partial charge in [-0.2, -0.15) is 0 Å². The van der Waals surface area contributed by atoms with Gasteiger partial charge >= 0.3 is 0 Å². The van der Waals surface area contributed by atoms with Crippen LogP contribution in [0.15, 0.2) is 54.6 Å². The van der Waals surface area contributed by atoms with Crippen molar-refractivity contribution in [2.24, 2.45) is 0 Å². The van der Waals surface area contributed by atoms with Crippen molar-refractivity contribution in [3.05, 3.63) is 71.3 Å². The Kier molecular flexibility index (Phi) is 3.92. The first-order chi connectivity index (χ1) is 10.3. The summed E-state index contributed by atoms with van der Waals surface area (Å²) in [6, 6.07) is 18.5. The van der Waals surface area contributed by atoms with Crippen molar-refractivity contribution in [2.45, 2.75) is 44.4 Å². The molecule has 1 fully saturated rings. The molecule has 0 atom stereocenters. The topological polar surface area (TPSA) is 17.1 Å². The molecule has 0 bridgehead atoms. The molecule has 21 heavy (non-hydrogen) atoms. The van der Waals surface area contributed by atoms with Crippen molar-refractivity contribution in [1.29, 1.82) is 0 Å². The number of carbonyl (C=O) groups excluding carboxylic acids is 1. The maximum Gasteiger partial charge on any atom is 0.173 e. The Bertz CT molecular complexity index is 606. The number of aryl methyl sites for hydroxylation is 1. The van der Waals surface area contributed by atoms with E-state index in [1.807, 2.05) is 30.3 Å². The zero-order valence-electron chi connectivity index (χ0n) is 12.6. The van der Waals surface area contributed by atoms with Gasteiger partial charge in [0.15, 0.2) is 5.78 Å². The van der Waals surface area contributed by atoms with Crippen LogP contribution in [0, 0.1) is 0 Å². The fourth-order valence-electron chi connectivity index (χ4n) is 3.32. The standard InChI is InChI=1S/C20H22O/c1-2-7-16-10-12-17(13-11-16)19(21)20(14-6-15-20)18-8-4-3-5-9-18/h3-5,8-13H,2,6-7,14-15H2,1H3. The lowest BCUT2D eigenvalue weighted by Gasteiger charge is -2.41. The summed E-state index contributed by atoms with van der Waals surface area (Å²) in [5.41, 5.74) is 3.08. The molecule has 0 unspecified atom stereocenters. The van der Waals surface area contributed by atoms with Crippen LogP contribution in [0.25, 0.3) is 0 Å². The molecular formula is C20H22O. The summed E-state index contributed by atoms with van der Waals surface area (Å²) in [6.07, 6.45) is 5.33. The molecule has 0 aliphatic heterocycles. The Morgan fingerprint density at radius 2 is 1.67 bits per heavy atom. The van der Waals surface area contributed by atoms with Gasteiger partial charge in [0.05, 0.1) is 5.41 Å². The molecule has 1 aliphatic carbocycles. The highest BCUT2D eigenvalue weighted by Crippen LogP contribution is 2.46. The summed E-state index contributed by atoms with van der Waals surface area (Å²) >= 11 is 0. The largest absolute Gasteiger partial charge is 0.293 e. The number of benzene rings is 2. The quantitative estimate of drug-likeness (QED) is 0.708. The van der Waals surface area contributed by atoms with Crippen molar-refractivity contribution < 1.29 is 4.79 Å². The van der Waals surface area contributed by atoms with Crippen molar-refractivity contribution >= 4 is 5.78 Å². The summed E-state index contributed by atoms with van der Waals surface area (Å²) < 4.78 is 0. The minimum absolute atomic E-state index is 0.270. The Hall–Kier alpha value is -1.89. The van der Waals surface area contributed by atoms with Crippen LogP contribution in [0.3, 0.4) is 0 Å². The highest BCUT2D eigenvalue weighted by molar-refractivity contribution is 6.04. The molecule has 108 valence electrons. The predicted molar refractivity (Wildman–Crippen MR) is 86.7 cm³/mol. The van der Waals surface area contributed by atoms with E-state index < -0.39 is 0 Å². The number of Topliss-reactive ketones (excluding diaryl/α,β-unsaturated/α-hetero) is 1. The van der Waals surface area contributed by atoms with Crippen LogP contribution >= 0.6 is 0 Å². The maximum absolute atomic E-state index is 13.0. The van der Waals surface area contributed by atoms with Crippen molar-refractivity contribution in [2.75, 3.05) is 0 Å². The van der Waals surface area contributed by atoms with E-state index in [1.165, 1.54) is 11.1 Å². The van der Waals surface area contributed by atoms with Crippen LogP contribution in [-0.4, -0.2) is 5.78 Å². The fraction of sp³-hybridized carbons (Fsp3) is 0.350. The van der Waals surface area contributed by atoms with Gasteiger partial charge in [-0.25, -0.2) is 0 Å². The highest BCUT2D eigenvalue weighted by Gasteiger charge is 2.45. The molecule has 0 heterocycles. The van der Waals surface area contributed by atoms with Gasteiger partial charge in [0, 0.05) is 5.56 Å². The van der Waals surface area contributed by atoms with E-state index in [0.717, 1.165) is 37.7 Å². The van der Waals surface area contributed by atoms with Crippen LogP contribution in [0.5, 0.6) is 0 Å². The molecule has 0 N–H and O–H groups in total. The summed E-state index contributed by atoms with van der Waals surface area (Å²) in [5.74, 6) is 0.294. The van der Waals surface area contributed by atoms with E-state index in [1.54, 1.807) is 0 Å². The molecule has 1 heteroatoms. The van der Waals surface area contributed by atoms with Crippen LogP contribution in [0.2, 0.25) is 0 Å². The van der Waals surface area contributed by atoms with E-state index in [-0.39, 0.29) is 5.41 Å². The lowest BCUT2D eigenvalue weighted by atomic mass is 9.61.